The van der Waals surface area contributed by atoms with E-state index in [1.807, 2.05) is 0 Å². The van der Waals surface area contributed by atoms with Crippen LogP contribution in [0.25, 0.3) is 11.3 Å². The molecule has 2 aliphatic rings. The minimum atomic E-state index is -0.697. The van der Waals surface area contributed by atoms with Crippen LogP contribution in [0.2, 0.25) is 0 Å². The monoisotopic (exact) mass is 362 g/mol. The highest BCUT2D eigenvalue weighted by atomic mass is 19.1. The highest BCUT2D eigenvalue weighted by Gasteiger charge is 2.43. The normalized spacial score (nSPS) is 19.3. The maximum atomic E-state index is 14.0. The van der Waals surface area contributed by atoms with Gasteiger partial charge in [-0.05, 0) is 37.8 Å². The van der Waals surface area contributed by atoms with Gasteiger partial charge in [0, 0.05) is 43.4 Å². The summed E-state index contributed by atoms with van der Waals surface area (Å²) in [7, 11) is 0. The predicted molar refractivity (Wildman–Crippen MR) is 89.2 cm³/mol. The van der Waals surface area contributed by atoms with Gasteiger partial charge in [-0.3, -0.25) is 4.79 Å². The zero-order chi connectivity index (χ0) is 18.1. The molecule has 4 rings (SSSR count). The Bertz CT molecular complexity index is 811. The van der Waals surface area contributed by atoms with E-state index < -0.39 is 17.0 Å². The topological polar surface area (TPSA) is 64.4 Å². The number of ether oxygens (including phenoxy) is 1. The molecule has 0 unspecified atom stereocenters. The molecule has 7 heteroatoms. The van der Waals surface area contributed by atoms with Crippen molar-refractivity contribution in [2.75, 3.05) is 13.2 Å². The molecule has 2 heterocycles. The van der Waals surface area contributed by atoms with Crippen LogP contribution in [0.1, 0.15) is 31.4 Å². The maximum Gasteiger partial charge on any atom is 0.227 e. The molecule has 138 valence electrons. The van der Waals surface area contributed by atoms with Crippen LogP contribution in [0.15, 0.2) is 28.8 Å². The van der Waals surface area contributed by atoms with E-state index in [2.05, 4.69) is 10.5 Å². The number of carbonyl (C=O) groups excluding carboxylic acids is 1. The van der Waals surface area contributed by atoms with Crippen molar-refractivity contribution in [1.29, 1.82) is 0 Å². The van der Waals surface area contributed by atoms with Gasteiger partial charge in [0.05, 0.1) is 5.41 Å². The summed E-state index contributed by atoms with van der Waals surface area (Å²) < 4.78 is 37.8. The van der Waals surface area contributed by atoms with Crippen molar-refractivity contribution in [2.45, 2.75) is 38.1 Å². The number of carbonyl (C=O) groups is 1. The Kier molecular flexibility index (Phi) is 4.48. The van der Waals surface area contributed by atoms with Crippen LogP contribution in [-0.4, -0.2) is 30.3 Å². The van der Waals surface area contributed by atoms with E-state index >= 15 is 0 Å². The van der Waals surface area contributed by atoms with Crippen LogP contribution in [0.4, 0.5) is 8.78 Å². The van der Waals surface area contributed by atoms with E-state index in [9.17, 15) is 13.6 Å². The Morgan fingerprint density at radius 2 is 2.00 bits per heavy atom. The van der Waals surface area contributed by atoms with Gasteiger partial charge < -0.3 is 14.6 Å². The number of hydrogen-bond donors (Lipinski definition) is 1. The van der Waals surface area contributed by atoms with Gasteiger partial charge in [-0.25, -0.2) is 8.78 Å². The average Bonchev–Trinajstić information content (AvgIpc) is 3.32. The lowest BCUT2D eigenvalue weighted by molar-refractivity contribution is -0.137. The summed E-state index contributed by atoms with van der Waals surface area (Å²) in [6.07, 6.45) is 3.63. The maximum absolute atomic E-state index is 14.0. The molecule has 1 saturated carbocycles. The zero-order valence-corrected chi connectivity index (χ0v) is 14.3. The fourth-order valence-corrected chi connectivity index (χ4v) is 3.37. The van der Waals surface area contributed by atoms with E-state index in [4.69, 9.17) is 9.26 Å². The third kappa shape index (κ3) is 3.49. The quantitative estimate of drug-likeness (QED) is 0.887. The van der Waals surface area contributed by atoms with Crippen LogP contribution < -0.4 is 5.32 Å². The summed E-state index contributed by atoms with van der Waals surface area (Å²) in [5, 5.41) is 6.99. The molecule has 1 amide bonds. The molecule has 1 aliphatic heterocycles. The fourth-order valence-electron chi connectivity index (χ4n) is 3.37. The van der Waals surface area contributed by atoms with E-state index in [0.29, 0.717) is 43.9 Å². The standard InChI is InChI=1S/C19H20F2N2O3/c20-12-1-4-15(16(21)9-12)17-10-14(26-23-17)11-19(5-7-25-8-6-19)18(24)22-13-2-3-13/h1,4,9-10,13H,2-3,5-8,11H2,(H,22,24). The number of benzene rings is 1. The number of aromatic nitrogens is 1. The summed E-state index contributed by atoms with van der Waals surface area (Å²) in [6.45, 7) is 1.04. The Hall–Kier alpha value is -2.28. The first kappa shape index (κ1) is 17.1. The molecule has 0 atom stereocenters. The van der Waals surface area contributed by atoms with Gasteiger partial charge in [0.1, 0.15) is 23.1 Å². The summed E-state index contributed by atoms with van der Waals surface area (Å²) >= 11 is 0. The Morgan fingerprint density at radius 1 is 1.23 bits per heavy atom. The lowest BCUT2D eigenvalue weighted by atomic mass is 9.75. The van der Waals surface area contributed by atoms with Crippen LogP contribution in [0, 0.1) is 17.0 Å². The Balaban J connectivity index is 1.56. The molecular formula is C19H20F2N2O3. The van der Waals surface area contributed by atoms with Crippen molar-refractivity contribution in [3.8, 4) is 11.3 Å². The molecule has 0 bridgehead atoms. The molecule has 1 aliphatic carbocycles. The van der Waals surface area contributed by atoms with Crippen molar-refractivity contribution in [3.63, 3.8) is 0 Å². The molecule has 1 saturated heterocycles. The smallest absolute Gasteiger partial charge is 0.227 e. The van der Waals surface area contributed by atoms with Gasteiger partial charge in [0.15, 0.2) is 0 Å². The highest BCUT2D eigenvalue weighted by molar-refractivity contribution is 5.83. The zero-order valence-electron chi connectivity index (χ0n) is 14.3. The van der Waals surface area contributed by atoms with Gasteiger partial charge in [0.2, 0.25) is 5.91 Å². The molecule has 0 radical (unpaired) electrons. The number of hydrogen-bond acceptors (Lipinski definition) is 4. The summed E-state index contributed by atoms with van der Waals surface area (Å²) in [6, 6.07) is 5.22. The lowest BCUT2D eigenvalue weighted by Crippen LogP contribution is -2.46. The number of rotatable bonds is 5. The first-order valence-electron chi connectivity index (χ1n) is 8.85. The molecule has 2 fully saturated rings. The largest absolute Gasteiger partial charge is 0.381 e. The predicted octanol–water partition coefficient (Wildman–Crippen LogP) is 3.24. The van der Waals surface area contributed by atoms with Crippen molar-refractivity contribution in [1.82, 2.24) is 10.5 Å². The first-order valence-corrected chi connectivity index (χ1v) is 8.85. The summed E-state index contributed by atoms with van der Waals surface area (Å²) in [4.78, 5) is 12.8. The number of amides is 1. The molecular weight excluding hydrogens is 342 g/mol. The molecule has 1 aromatic carbocycles. The second-order valence-electron chi connectivity index (χ2n) is 7.12. The highest BCUT2D eigenvalue weighted by Crippen LogP contribution is 2.37. The van der Waals surface area contributed by atoms with E-state index in [-0.39, 0.29) is 17.5 Å². The van der Waals surface area contributed by atoms with E-state index in [1.165, 1.54) is 12.1 Å². The van der Waals surface area contributed by atoms with Crippen LogP contribution in [0.3, 0.4) is 0 Å². The average molecular weight is 362 g/mol. The summed E-state index contributed by atoms with van der Waals surface area (Å²) in [5.74, 6) is -0.809. The molecule has 2 aromatic rings. The van der Waals surface area contributed by atoms with E-state index in [0.717, 1.165) is 18.9 Å². The number of nitrogens with zero attached hydrogens (tertiary/aromatic N) is 1. The van der Waals surface area contributed by atoms with Gasteiger partial charge in [-0.15, -0.1) is 0 Å². The molecule has 26 heavy (non-hydrogen) atoms. The third-order valence-electron chi connectivity index (χ3n) is 5.12. The lowest BCUT2D eigenvalue weighted by Gasteiger charge is -2.35. The Morgan fingerprint density at radius 3 is 2.69 bits per heavy atom. The third-order valence-corrected chi connectivity index (χ3v) is 5.12. The summed E-state index contributed by atoms with van der Waals surface area (Å²) in [5.41, 5.74) is -0.133. The second-order valence-corrected chi connectivity index (χ2v) is 7.12. The van der Waals surface area contributed by atoms with Gasteiger partial charge >= 0.3 is 0 Å². The van der Waals surface area contributed by atoms with Gasteiger partial charge in [-0.1, -0.05) is 5.16 Å². The van der Waals surface area contributed by atoms with Crippen molar-refractivity contribution >= 4 is 5.91 Å². The van der Waals surface area contributed by atoms with Crippen molar-refractivity contribution in [3.05, 3.63) is 41.7 Å². The van der Waals surface area contributed by atoms with Crippen LogP contribution in [0.5, 0.6) is 0 Å². The van der Waals surface area contributed by atoms with Crippen molar-refractivity contribution < 1.29 is 22.8 Å². The minimum absolute atomic E-state index is 0.0224. The molecule has 1 N–H and O–H groups in total. The SMILES string of the molecule is O=C(NC1CC1)C1(Cc2cc(-c3ccc(F)cc3F)no2)CCOCC1. The molecule has 0 spiro atoms. The second kappa shape index (κ2) is 6.79. The van der Waals surface area contributed by atoms with Crippen LogP contribution in [-0.2, 0) is 16.0 Å². The number of nitrogens with one attached hydrogen (secondary N) is 1. The fraction of sp³-hybridized carbons (Fsp3) is 0.474. The van der Waals surface area contributed by atoms with Gasteiger partial charge in [-0.2, -0.15) is 0 Å². The van der Waals surface area contributed by atoms with Gasteiger partial charge in [0.25, 0.3) is 0 Å². The van der Waals surface area contributed by atoms with E-state index in [1.54, 1.807) is 6.07 Å². The van der Waals surface area contributed by atoms with Crippen molar-refractivity contribution in [2.24, 2.45) is 5.41 Å². The number of halogens is 2. The Labute approximate surface area is 149 Å². The molecule has 5 nitrogen and oxygen atoms in total. The minimum Gasteiger partial charge on any atom is -0.381 e. The molecule has 1 aromatic heterocycles. The van der Waals surface area contributed by atoms with Crippen LogP contribution >= 0.6 is 0 Å². The first-order chi connectivity index (χ1) is 12.6.